The van der Waals surface area contributed by atoms with Gasteiger partial charge in [0.25, 0.3) is 0 Å². The van der Waals surface area contributed by atoms with Gasteiger partial charge in [0.05, 0.1) is 19.6 Å². The Kier molecular flexibility index (Phi) is 5.19. The molecular formula is C18H17N3O3. The highest BCUT2D eigenvalue weighted by Gasteiger charge is 2.09. The second-order valence-corrected chi connectivity index (χ2v) is 5.06. The molecule has 6 heteroatoms. The summed E-state index contributed by atoms with van der Waals surface area (Å²) in [6.45, 7) is 0.513. The third kappa shape index (κ3) is 4.42. The number of benzene rings is 2. The van der Waals surface area contributed by atoms with Gasteiger partial charge in [-0.25, -0.2) is 0 Å². The number of carbonyl (C=O) groups is 1. The van der Waals surface area contributed by atoms with Crippen molar-refractivity contribution in [2.45, 2.75) is 13.0 Å². The second kappa shape index (κ2) is 7.92. The van der Waals surface area contributed by atoms with E-state index in [0.29, 0.717) is 18.4 Å². The van der Waals surface area contributed by atoms with E-state index in [1.807, 2.05) is 60.7 Å². The maximum atomic E-state index is 11.8. The van der Waals surface area contributed by atoms with Crippen LogP contribution in [0.4, 0.5) is 0 Å². The molecule has 1 aromatic heterocycles. The molecule has 6 nitrogen and oxygen atoms in total. The Morgan fingerprint density at radius 3 is 2.46 bits per heavy atom. The maximum absolute atomic E-state index is 11.8. The minimum atomic E-state index is -0.134. The van der Waals surface area contributed by atoms with Crippen LogP contribution in [-0.4, -0.2) is 22.7 Å². The van der Waals surface area contributed by atoms with Gasteiger partial charge in [0.2, 0.25) is 17.7 Å². The second-order valence-electron chi connectivity index (χ2n) is 5.06. The van der Waals surface area contributed by atoms with Crippen LogP contribution in [0.5, 0.6) is 5.75 Å². The van der Waals surface area contributed by atoms with Crippen molar-refractivity contribution in [1.29, 1.82) is 0 Å². The number of rotatable bonds is 7. The SMILES string of the molecule is O=C(CCOc1ccccc1)NCc1nnc(-c2ccccc2)o1. The summed E-state index contributed by atoms with van der Waals surface area (Å²) >= 11 is 0. The van der Waals surface area contributed by atoms with Crippen molar-refractivity contribution in [1.82, 2.24) is 15.5 Å². The van der Waals surface area contributed by atoms with E-state index in [0.717, 1.165) is 11.3 Å². The van der Waals surface area contributed by atoms with E-state index in [9.17, 15) is 4.79 Å². The van der Waals surface area contributed by atoms with Crippen molar-refractivity contribution in [2.75, 3.05) is 6.61 Å². The van der Waals surface area contributed by atoms with Crippen molar-refractivity contribution in [3.8, 4) is 17.2 Å². The van der Waals surface area contributed by atoms with Crippen molar-refractivity contribution in [2.24, 2.45) is 0 Å². The molecule has 0 fully saturated rings. The number of carbonyl (C=O) groups excluding carboxylic acids is 1. The Labute approximate surface area is 139 Å². The molecule has 1 amide bonds. The molecule has 0 saturated heterocycles. The molecule has 0 aliphatic heterocycles. The Hall–Kier alpha value is -3.15. The van der Waals surface area contributed by atoms with Crippen molar-refractivity contribution < 1.29 is 13.9 Å². The highest BCUT2D eigenvalue weighted by Crippen LogP contribution is 2.16. The van der Waals surface area contributed by atoms with Crippen LogP contribution in [0.25, 0.3) is 11.5 Å². The summed E-state index contributed by atoms with van der Waals surface area (Å²) in [5.74, 6) is 1.42. The van der Waals surface area contributed by atoms with Crippen molar-refractivity contribution in [3.63, 3.8) is 0 Å². The van der Waals surface area contributed by atoms with Gasteiger partial charge in [-0.1, -0.05) is 36.4 Å². The molecule has 0 unspecified atom stereocenters. The van der Waals surface area contributed by atoms with E-state index in [4.69, 9.17) is 9.15 Å². The molecule has 0 aliphatic rings. The Bertz CT molecular complexity index is 772. The molecule has 1 heterocycles. The van der Waals surface area contributed by atoms with E-state index < -0.39 is 0 Å². The van der Waals surface area contributed by atoms with Crippen LogP contribution < -0.4 is 10.1 Å². The molecule has 122 valence electrons. The monoisotopic (exact) mass is 323 g/mol. The molecule has 0 radical (unpaired) electrons. The Morgan fingerprint density at radius 1 is 1.00 bits per heavy atom. The number of nitrogens with one attached hydrogen (secondary N) is 1. The lowest BCUT2D eigenvalue weighted by Gasteiger charge is -2.05. The topological polar surface area (TPSA) is 77.2 Å². The van der Waals surface area contributed by atoms with Crippen LogP contribution in [0.1, 0.15) is 12.3 Å². The van der Waals surface area contributed by atoms with Gasteiger partial charge in [0, 0.05) is 5.56 Å². The molecule has 0 aliphatic carbocycles. The van der Waals surface area contributed by atoms with Gasteiger partial charge >= 0.3 is 0 Å². The molecule has 3 rings (SSSR count). The van der Waals surface area contributed by atoms with E-state index in [2.05, 4.69) is 15.5 Å². The maximum Gasteiger partial charge on any atom is 0.247 e. The third-order valence-electron chi connectivity index (χ3n) is 3.27. The largest absolute Gasteiger partial charge is 0.493 e. The first-order valence-corrected chi connectivity index (χ1v) is 7.63. The normalized spacial score (nSPS) is 10.3. The van der Waals surface area contributed by atoms with Gasteiger partial charge in [-0.05, 0) is 24.3 Å². The van der Waals surface area contributed by atoms with Crippen LogP contribution in [0.3, 0.4) is 0 Å². The van der Waals surface area contributed by atoms with Gasteiger partial charge < -0.3 is 14.5 Å². The molecule has 2 aromatic carbocycles. The molecule has 24 heavy (non-hydrogen) atoms. The standard InChI is InChI=1S/C18H17N3O3/c22-16(11-12-23-15-9-5-2-6-10-15)19-13-17-20-21-18(24-17)14-7-3-1-4-8-14/h1-10H,11-13H2,(H,19,22). The van der Waals surface area contributed by atoms with Crippen molar-refractivity contribution in [3.05, 3.63) is 66.6 Å². The van der Waals surface area contributed by atoms with Crippen LogP contribution in [-0.2, 0) is 11.3 Å². The van der Waals surface area contributed by atoms with Gasteiger partial charge in [-0.2, -0.15) is 0 Å². The van der Waals surface area contributed by atoms with E-state index in [1.165, 1.54) is 0 Å². The Morgan fingerprint density at radius 2 is 1.71 bits per heavy atom. The number of para-hydroxylation sites is 1. The average molecular weight is 323 g/mol. The van der Waals surface area contributed by atoms with Gasteiger partial charge in [-0.15, -0.1) is 10.2 Å². The highest BCUT2D eigenvalue weighted by atomic mass is 16.5. The molecule has 1 N–H and O–H groups in total. The summed E-state index contributed by atoms with van der Waals surface area (Å²) in [5.41, 5.74) is 0.846. The number of nitrogens with zero attached hydrogens (tertiary/aromatic N) is 2. The van der Waals surface area contributed by atoms with Gasteiger partial charge in [-0.3, -0.25) is 4.79 Å². The molecular weight excluding hydrogens is 306 g/mol. The predicted molar refractivity (Wildman–Crippen MR) is 88.1 cm³/mol. The van der Waals surface area contributed by atoms with Gasteiger partial charge in [0.1, 0.15) is 5.75 Å². The van der Waals surface area contributed by atoms with Crippen molar-refractivity contribution >= 4 is 5.91 Å². The zero-order chi connectivity index (χ0) is 16.6. The molecule has 3 aromatic rings. The van der Waals surface area contributed by atoms with E-state index >= 15 is 0 Å². The van der Waals surface area contributed by atoms with Crippen LogP contribution in [0.15, 0.2) is 65.1 Å². The van der Waals surface area contributed by atoms with Crippen LogP contribution in [0.2, 0.25) is 0 Å². The molecule has 0 spiro atoms. The molecule has 0 bridgehead atoms. The zero-order valence-corrected chi connectivity index (χ0v) is 13.0. The van der Waals surface area contributed by atoms with E-state index in [-0.39, 0.29) is 18.9 Å². The summed E-state index contributed by atoms with van der Waals surface area (Å²) in [6.07, 6.45) is 0.259. The first-order valence-electron chi connectivity index (χ1n) is 7.63. The van der Waals surface area contributed by atoms with E-state index in [1.54, 1.807) is 0 Å². The summed E-state index contributed by atoms with van der Waals surface area (Å²) in [7, 11) is 0. The minimum Gasteiger partial charge on any atom is -0.493 e. The summed E-state index contributed by atoms with van der Waals surface area (Å²) in [6, 6.07) is 18.9. The first kappa shape index (κ1) is 15.7. The summed E-state index contributed by atoms with van der Waals surface area (Å²) in [4.78, 5) is 11.8. The number of ether oxygens (including phenoxy) is 1. The van der Waals surface area contributed by atoms with Crippen LogP contribution in [0, 0.1) is 0 Å². The molecule has 0 atom stereocenters. The zero-order valence-electron chi connectivity index (χ0n) is 13.0. The lowest BCUT2D eigenvalue weighted by atomic mass is 10.2. The fourth-order valence-electron chi connectivity index (χ4n) is 2.06. The summed E-state index contributed by atoms with van der Waals surface area (Å²) < 4.78 is 11.0. The predicted octanol–water partition coefficient (Wildman–Crippen LogP) is 2.82. The Balaban J connectivity index is 1.42. The number of hydrogen-bond donors (Lipinski definition) is 1. The lowest BCUT2D eigenvalue weighted by molar-refractivity contribution is -0.121. The quantitative estimate of drug-likeness (QED) is 0.723. The van der Waals surface area contributed by atoms with Gasteiger partial charge in [0.15, 0.2) is 0 Å². The smallest absolute Gasteiger partial charge is 0.247 e. The van der Waals surface area contributed by atoms with Crippen LogP contribution >= 0.6 is 0 Å². The number of aromatic nitrogens is 2. The first-order chi connectivity index (χ1) is 11.8. The lowest BCUT2D eigenvalue weighted by Crippen LogP contribution is -2.24. The minimum absolute atomic E-state index is 0.134. The number of hydrogen-bond acceptors (Lipinski definition) is 5. The highest BCUT2D eigenvalue weighted by molar-refractivity contribution is 5.75. The summed E-state index contributed by atoms with van der Waals surface area (Å²) in [5, 5.41) is 10.6. The average Bonchev–Trinajstić information content (AvgIpc) is 3.11. The number of amides is 1. The molecule has 0 saturated carbocycles. The fraction of sp³-hybridized carbons (Fsp3) is 0.167. The third-order valence-corrected chi connectivity index (χ3v) is 3.27. The fourth-order valence-corrected chi connectivity index (χ4v) is 2.06.